The van der Waals surface area contributed by atoms with E-state index in [0.29, 0.717) is 18.2 Å². The summed E-state index contributed by atoms with van der Waals surface area (Å²) in [5.41, 5.74) is 7.73. The van der Waals surface area contributed by atoms with E-state index in [2.05, 4.69) is 11.1 Å². The summed E-state index contributed by atoms with van der Waals surface area (Å²) in [6.45, 7) is 0.786. The molecular weight excluding hydrogens is 267 g/mol. The molecule has 4 unspecified atom stereocenters. The van der Waals surface area contributed by atoms with Gasteiger partial charge in [0.1, 0.15) is 12.0 Å². The number of pyridine rings is 1. The first-order chi connectivity index (χ1) is 10.2. The van der Waals surface area contributed by atoms with Gasteiger partial charge in [-0.2, -0.15) is 0 Å². The average Bonchev–Trinajstić information content (AvgIpc) is 3.02. The van der Waals surface area contributed by atoms with E-state index in [1.165, 1.54) is 0 Å². The number of benzene rings is 1. The summed E-state index contributed by atoms with van der Waals surface area (Å²) < 4.78 is 20.0. The van der Waals surface area contributed by atoms with Gasteiger partial charge in [-0.3, -0.25) is 0 Å². The number of ether oxygens (including phenoxy) is 1. The molecule has 2 aromatic rings. The molecule has 4 heteroatoms. The summed E-state index contributed by atoms with van der Waals surface area (Å²) in [6, 6.07) is 9.89. The van der Waals surface area contributed by atoms with Crippen molar-refractivity contribution < 1.29 is 9.13 Å². The molecule has 0 radical (unpaired) electrons. The quantitative estimate of drug-likeness (QED) is 0.922. The van der Waals surface area contributed by atoms with Crippen molar-refractivity contribution in [1.29, 1.82) is 0 Å². The predicted molar refractivity (Wildman–Crippen MR) is 80.7 cm³/mol. The van der Waals surface area contributed by atoms with Gasteiger partial charge in [0.2, 0.25) is 0 Å². The first-order valence-corrected chi connectivity index (χ1v) is 7.61. The Bertz CT molecular complexity index is 675. The van der Waals surface area contributed by atoms with Gasteiger partial charge in [0.25, 0.3) is 0 Å². The second-order valence-corrected chi connectivity index (χ2v) is 6.27. The maximum absolute atomic E-state index is 14.3. The van der Waals surface area contributed by atoms with Crippen molar-refractivity contribution in [2.45, 2.75) is 31.5 Å². The van der Waals surface area contributed by atoms with Gasteiger partial charge < -0.3 is 10.5 Å². The van der Waals surface area contributed by atoms with Crippen LogP contribution in [-0.4, -0.2) is 23.9 Å². The number of aromatic nitrogens is 1. The highest BCUT2D eigenvalue weighted by atomic mass is 19.1. The predicted octanol–water partition coefficient (Wildman–Crippen LogP) is 3.12. The lowest BCUT2D eigenvalue weighted by Gasteiger charge is -2.19. The zero-order valence-corrected chi connectivity index (χ0v) is 11.8. The third-order valence-corrected chi connectivity index (χ3v) is 4.93. The third kappa shape index (κ3) is 2.27. The number of halogens is 1. The van der Waals surface area contributed by atoms with E-state index in [-0.39, 0.29) is 12.0 Å². The largest absolute Gasteiger partial charge is 0.384 e. The maximum atomic E-state index is 14.3. The smallest absolute Gasteiger partial charge is 0.124 e. The van der Waals surface area contributed by atoms with Gasteiger partial charge in [0.15, 0.2) is 0 Å². The van der Waals surface area contributed by atoms with Crippen molar-refractivity contribution in [1.82, 2.24) is 4.98 Å². The molecule has 1 saturated heterocycles. The monoisotopic (exact) mass is 286 g/mol. The number of hydrogen-bond acceptors (Lipinski definition) is 3. The summed E-state index contributed by atoms with van der Waals surface area (Å²) in [7, 11) is 0. The molecule has 1 aliphatic carbocycles. The number of alkyl halides is 1. The molecule has 0 spiro atoms. The van der Waals surface area contributed by atoms with Crippen LogP contribution < -0.4 is 5.73 Å². The van der Waals surface area contributed by atoms with Gasteiger partial charge in [-0.1, -0.05) is 12.1 Å². The van der Waals surface area contributed by atoms with Crippen LogP contribution in [-0.2, 0) is 11.2 Å². The highest BCUT2D eigenvalue weighted by Crippen LogP contribution is 2.43. The number of anilines is 1. The minimum Gasteiger partial charge on any atom is -0.384 e. The van der Waals surface area contributed by atoms with Gasteiger partial charge in [-0.15, -0.1) is 0 Å². The van der Waals surface area contributed by atoms with Crippen LogP contribution in [0.15, 0.2) is 30.3 Å². The Morgan fingerprint density at radius 3 is 3.05 bits per heavy atom. The topological polar surface area (TPSA) is 48.1 Å². The normalized spacial score (nSPS) is 31.7. The summed E-state index contributed by atoms with van der Waals surface area (Å²) >= 11 is 0. The number of rotatable bonds is 2. The lowest BCUT2D eigenvalue weighted by Crippen LogP contribution is -2.24. The fourth-order valence-electron chi connectivity index (χ4n) is 3.87. The standard InChI is InChI=1S/C17H19FN2O/c18-14-9-12-5-6-21-17(12)13(14)7-10-1-2-11-3-4-16(19)20-15(11)8-10/h1-4,8,12-14,17H,5-7,9H2,(H2,19,20). The van der Waals surface area contributed by atoms with E-state index in [1.54, 1.807) is 6.07 Å². The molecule has 1 aliphatic heterocycles. The van der Waals surface area contributed by atoms with Crippen LogP contribution in [0.1, 0.15) is 18.4 Å². The van der Waals surface area contributed by atoms with E-state index >= 15 is 0 Å². The lowest BCUT2D eigenvalue weighted by atomic mass is 9.93. The Kier molecular flexibility index (Phi) is 3.07. The second kappa shape index (κ2) is 4.95. The fraction of sp³-hybridized carbons (Fsp3) is 0.471. The molecule has 2 heterocycles. The number of nitrogen functional groups attached to an aromatic ring is 1. The van der Waals surface area contributed by atoms with Crippen LogP contribution in [0.3, 0.4) is 0 Å². The molecule has 1 aromatic carbocycles. The molecular formula is C17H19FN2O. The van der Waals surface area contributed by atoms with E-state index in [4.69, 9.17) is 10.5 Å². The van der Waals surface area contributed by atoms with Crippen LogP contribution in [0.2, 0.25) is 0 Å². The Morgan fingerprint density at radius 1 is 1.29 bits per heavy atom. The van der Waals surface area contributed by atoms with E-state index in [0.717, 1.165) is 35.9 Å². The molecule has 4 atom stereocenters. The van der Waals surface area contributed by atoms with E-state index < -0.39 is 6.17 Å². The van der Waals surface area contributed by atoms with Crippen molar-refractivity contribution >= 4 is 16.7 Å². The summed E-state index contributed by atoms with van der Waals surface area (Å²) in [4.78, 5) is 4.35. The number of nitrogens with zero attached hydrogens (tertiary/aromatic N) is 1. The lowest BCUT2D eigenvalue weighted by molar-refractivity contribution is 0.0494. The Hall–Kier alpha value is -1.68. The maximum Gasteiger partial charge on any atom is 0.124 e. The minimum absolute atomic E-state index is 0.0176. The van der Waals surface area contributed by atoms with Crippen molar-refractivity contribution in [2.75, 3.05) is 12.3 Å². The zero-order chi connectivity index (χ0) is 14.4. The van der Waals surface area contributed by atoms with Gasteiger partial charge in [-0.25, -0.2) is 9.37 Å². The molecule has 1 aromatic heterocycles. The van der Waals surface area contributed by atoms with E-state index in [9.17, 15) is 4.39 Å². The minimum atomic E-state index is -0.746. The first kappa shape index (κ1) is 13.0. The molecule has 0 bridgehead atoms. The molecule has 2 fully saturated rings. The van der Waals surface area contributed by atoms with Crippen LogP contribution in [0.5, 0.6) is 0 Å². The number of nitrogens with two attached hydrogens (primary N) is 1. The Morgan fingerprint density at radius 2 is 2.14 bits per heavy atom. The molecule has 0 amide bonds. The Balaban J connectivity index is 1.61. The molecule has 2 aliphatic rings. The first-order valence-electron chi connectivity index (χ1n) is 7.61. The van der Waals surface area contributed by atoms with Gasteiger partial charge in [-0.05, 0) is 48.9 Å². The van der Waals surface area contributed by atoms with Gasteiger partial charge in [0, 0.05) is 17.9 Å². The average molecular weight is 286 g/mol. The number of fused-ring (bicyclic) bond motifs is 2. The molecule has 3 nitrogen and oxygen atoms in total. The molecule has 2 N–H and O–H groups in total. The van der Waals surface area contributed by atoms with Crippen LogP contribution >= 0.6 is 0 Å². The highest BCUT2D eigenvalue weighted by molar-refractivity contribution is 5.80. The summed E-state index contributed by atoms with van der Waals surface area (Å²) in [6.07, 6.45) is 1.74. The van der Waals surface area contributed by atoms with Crippen molar-refractivity contribution in [3.8, 4) is 0 Å². The van der Waals surface area contributed by atoms with E-state index in [1.807, 2.05) is 18.2 Å². The number of hydrogen-bond donors (Lipinski definition) is 1. The van der Waals surface area contributed by atoms with Crippen molar-refractivity contribution in [3.63, 3.8) is 0 Å². The molecule has 21 heavy (non-hydrogen) atoms. The van der Waals surface area contributed by atoms with Gasteiger partial charge in [0.05, 0.1) is 11.6 Å². The van der Waals surface area contributed by atoms with Crippen molar-refractivity contribution in [3.05, 3.63) is 35.9 Å². The van der Waals surface area contributed by atoms with Crippen LogP contribution in [0.25, 0.3) is 10.9 Å². The van der Waals surface area contributed by atoms with Gasteiger partial charge >= 0.3 is 0 Å². The van der Waals surface area contributed by atoms with Crippen LogP contribution in [0.4, 0.5) is 10.2 Å². The molecule has 1 saturated carbocycles. The molecule has 4 rings (SSSR count). The summed E-state index contributed by atoms with van der Waals surface area (Å²) in [5, 5.41) is 1.06. The van der Waals surface area contributed by atoms with Crippen LogP contribution in [0, 0.1) is 11.8 Å². The second-order valence-electron chi connectivity index (χ2n) is 6.27. The Labute approximate surface area is 123 Å². The van der Waals surface area contributed by atoms with Crippen molar-refractivity contribution in [2.24, 2.45) is 11.8 Å². The zero-order valence-electron chi connectivity index (χ0n) is 11.8. The highest BCUT2D eigenvalue weighted by Gasteiger charge is 2.46. The SMILES string of the molecule is Nc1ccc2ccc(CC3C(F)CC4CCOC43)cc2n1. The third-order valence-electron chi connectivity index (χ3n) is 4.93. The molecule has 110 valence electrons. The summed E-state index contributed by atoms with van der Waals surface area (Å²) in [5.74, 6) is 0.915. The fourth-order valence-corrected chi connectivity index (χ4v) is 3.87.